The van der Waals surface area contributed by atoms with Gasteiger partial charge < -0.3 is 9.80 Å². The molecule has 0 spiro atoms. The van der Waals surface area contributed by atoms with E-state index < -0.39 is 0 Å². The van der Waals surface area contributed by atoms with E-state index in [0.29, 0.717) is 10.6 Å². The minimum atomic E-state index is -0.0555. The van der Waals surface area contributed by atoms with Crippen LogP contribution < -0.4 is 15.4 Å². The fourth-order valence-electron chi connectivity index (χ4n) is 4.08. The predicted octanol–water partition coefficient (Wildman–Crippen LogP) is 4.60. The molecule has 2 aromatic heterocycles. The number of piperazine rings is 1. The largest absolute Gasteiger partial charge is 0.368 e. The van der Waals surface area contributed by atoms with E-state index in [9.17, 15) is 4.79 Å². The molecule has 4 aromatic rings. The van der Waals surface area contributed by atoms with Gasteiger partial charge in [-0.25, -0.2) is 4.98 Å². The van der Waals surface area contributed by atoms with Crippen LogP contribution in [0.2, 0.25) is 0 Å². The molecule has 1 N–H and O–H groups in total. The monoisotopic (exact) mass is 416 g/mol. The van der Waals surface area contributed by atoms with Gasteiger partial charge in [0.25, 0.3) is 5.56 Å². The molecule has 1 aliphatic rings. The van der Waals surface area contributed by atoms with E-state index in [0.717, 1.165) is 42.8 Å². The van der Waals surface area contributed by atoms with Gasteiger partial charge in [0.05, 0.1) is 5.52 Å². The van der Waals surface area contributed by atoms with E-state index in [1.54, 1.807) is 0 Å². The lowest BCUT2D eigenvalue weighted by Crippen LogP contribution is -2.47. The van der Waals surface area contributed by atoms with E-state index in [2.05, 4.69) is 71.1 Å². The minimum Gasteiger partial charge on any atom is -0.368 e. The molecule has 0 radical (unpaired) electrons. The third-order valence-corrected chi connectivity index (χ3v) is 6.66. The number of anilines is 2. The van der Waals surface area contributed by atoms with Crippen LogP contribution in [-0.4, -0.2) is 36.1 Å². The van der Waals surface area contributed by atoms with E-state index >= 15 is 0 Å². The number of hydrogen-bond acceptors (Lipinski definition) is 5. The second-order valence-electron chi connectivity index (χ2n) is 7.90. The number of aryl methyl sites for hydroxylation is 2. The van der Waals surface area contributed by atoms with Crippen LogP contribution in [0.25, 0.3) is 21.3 Å². The summed E-state index contributed by atoms with van der Waals surface area (Å²) < 4.78 is 0.689. The molecular weight excluding hydrogens is 392 g/mol. The van der Waals surface area contributed by atoms with Crippen molar-refractivity contribution in [2.45, 2.75) is 13.8 Å². The van der Waals surface area contributed by atoms with Crippen LogP contribution in [-0.2, 0) is 0 Å². The molecule has 0 bridgehead atoms. The highest BCUT2D eigenvalue weighted by atomic mass is 32.1. The minimum absolute atomic E-state index is 0.0555. The van der Waals surface area contributed by atoms with Gasteiger partial charge in [-0.15, -0.1) is 11.3 Å². The molecule has 5 nitrogen and oxygen atoms in total. The summed E-state index contributed by atoms with van der Waals surface area (Å²) in [5, 5.41) is 2.04. The van der Waals surface area contributed by atoms with Crippen LogP contribution in [0, 0.1) is 13.8 Å². The Labute approximate surface area is 179 Å². The fraction of sp³-hybridized carbons (Fsp3) is 0.250. The Hall–Kier alpha value is -3.12. The van der Waals surface area contributed by atoms with Crippen LogP contribution in [0.1, 0.15) is 11.1 Å². The zero-order valence-electron chi connectivity index (χ0n) is 17.2. The van der Waals surface area contributed by atoms with Crippen molar-refractivity contribution in [3.8, 4) is 11.1 Å². The molecule has 0 aliphatic carbocycles. The summed E-state index contributed by atoms with van der Waals surface area (Å²) in [5.74, 6) is 0.670. The highest BCUT2D eigenvalue weighted by Gasteiger charge is 2.21. The van der Waals surface area contributed by atoms with Gasteiger partial charge >= 0.3 is 0 Å². The summed E-state index contributed by atoms with van der Waals surface area (Å²) in [6.07, 6.45) is 0. The van der Waals surface area contributed by atoms with Gasteiger partial charge in [-0.3, -0.25) is 9.78 Å². The average Bonchev–Trinajstić information content (AvgIpc) is 3.19. The summed E-state index contributed by atoms with van der Waals surface area (Å²) in [6, 6.07) is 17.0. The standard InChI is InChI=1S/C24H24N4OS/c1-16-5-3-7-18(13-16)20-15-30-22-21(20)25-24(26-23(22)29)28-11-9-27(10-12-28)19-8-4-6-17(2)14-19/h3-8,13-15H,9-12H2,1-2H3,(H,25,26,29). The number of fused-ring (bicyclic) bond motifs is 1. The number of thiophene rings is 1. The van der Waals surface area contributed by atoms with Crippen LogP contribution in [0.4, 0.5) is 11.6 Å². The van der Waals surface area contributed by atoms with Gasteiger partial charge in [0, 0.05) is 42.8 Å². The van der Waals surface area contributed by atoms with Crippen LogP contribution in [0.15, 0.2) is 58.7 Å². The molecule has 2 aromatic carbocycles. The Balaban J connectivity index is 1.44. The zero-order valence-corrected chi connectivity index (χ0v) is 18.0. The number of aromatic amines is 1. The first kappa shape index (κ1) is 18.9. The molecular formula is C24H24N4OS. The molecule has 152 valence electrons. The first-order valence-electron chi connectivity index (χ1n) is 10.2. The number of rotatable bonds is 3. The van der Waals surface area contributed by atoms with Gasteiger partial charge in [0.2, 0.25) is 5.95 Å². The van der Waals surface area contributed by atoms with E-state index in [-0.39, 0.29) is 5.56 Å². The number of aromatic nitrogens is 2. The zero-order chi connectivity index (χ0) is 20.7. The van der Waals surface area contributed by atoms with Gasteiger partial charge in [0.15, 0.2) is 0 Å². The molecule has 1 aliphatic heterocycles. The third kappa shape index (κ3) is 3.48. The van der Waals surface area contributed by atoms with E-state index in [4.69, 9.17) is 4.98 Å². The lowest BCUT2D eigenvalue weighted by atomic mass is 10.1. The second kappa shape index (κ2) is 7.61. The van der Waals surface area contributed by atoms with Gasteiger partial charge in [0.1, 0.15) is 4.70 Å². The Morgan fingerprint density at radius 3 is 2.37 bits per heavy atom. The second-order valence-corrected chi connectivity index (χ2v) is 8.78. The normalized spacial score (nSPS) is 14.5. The van der Waals surface area contributed by atoms with Crippen molar-refractivity contribution in [3.63, 3.8) is 0 Å². The highest BCUT2D eigenvalue weighted by molar-refractivity contribution is 7.17. The van der Waals surface area contributed by atoms with Crippen molar-refractivity contribution in [1.29, 1.82) is 0 Å². The summed E-state index contributed by atoms with van der Waals surface area (Å²) in [5.41, 5.74) is 6.60. The summed E-state index contributed by atoms with van der Waals surface area (Å²) in [4.78, 5) is 25.2. The maximum absolute atomic E-state index is 12.8. The Morgan fingerprint density at radius 1 is 0.933 bits per heavy atom. The summed E-state index contributed by atoms with van der Waals surface area (Å²) in [7, 11) is 0. The lowest BCUT2D eigenvalue weighted by molar-refractivity contribution is 0.640. The van der Waals surface area contributed by atoms with Crippen molar-refractivity contribution < 1.29 is 0 Å². The van der Waals surface area contributed by atoms with E-state index in [1.807, 2.05) is 11.4 Å². The Kier molecular flexibility index (Phi) is 4.79. The number of nitrogens with zero attached hydrogens (tertiary/aromatic N) is 3. The molecule has 0 unspecified atom stereocenters. The number of benzene rings is 2. The quantitative estimate of drug-likeness (QED) is 0.531. The molecule has 3 heterocycles. The summed E-state index contributed by atoms with van der Waals surface area (Å²) >= 11 is 1.46. The van der Waals surface area contributed by atoms with E-state index in [1.165, 1.54) is 28.2 Å². The molecule has 6 heteroatoms. The Bertz CT molecular complexity index is 1270. The molecule has 1 fully saturated rings. The molecule has 5 rings (SSSR count). The van der Waals surface area contributed by atoms with Crippen molar-refractivity contribution in [2.75, 3.05) is 36.0 Å². The van der Waals surface area contributed by atoms with Crippen LogP contribution >= 0.6 is 11.3 Å². The highest BCUT2D eigenvalue weighted by Crippen LogP contribution is 2.32. The molecule has 0 saturated carbocycles. The molecule has 1 saturated heterocycles. The summed E-state index contributed by atoms with van der Waals surface area (Å²) in [6.45, 7) is 7.66. The third-order valence-electron chi connectivity index (χ3n) is 5.69. The average molecular weight is 417 g/mol. The van der Waals surface area contributed by atoms with Crippen molar-refractivity contribution in [1.82, 2.24) is 9.97 Å². The van der Waals surface area contributed by atoms with Gasteiger partial charge in [-0.05, 0) is 37.1 Å². The van der Waals surface area contributed by atoms with Gasteiger partial charge in [-0.2, -0.15) is 0 Å². The van der Waals surface area contributed by atoms with Crippen LogP contribution in [0.3, 0.4) is 0 Å². The SMILES string of the molecule is Cc1cccc(-c2csc3c(=O)[nH]c(N4CCN(c5cccc(C)c5)CC4)nc23)c1. The lowest BCUT2D eigenvalue weighted by Gasteiger charge is -2.36. The predicted molar refractivity (Wildman–Crippen MR) is 126 cm³/mol. The molecule has 30 heavy (non-hydrogen) atoms. The number of hydrogen-bond donors (Lipinski definition) is 1. The van der Waals surface area contributed by atoms with Crippen molar-refractivity contribution in [3.05, 3.63) is 75.4 Å². The number of H-pyrrole nitrogens is 1. The first-order valence-corrected chi connectivity index (χ1v) is 11.1. The maximum atomic E-state index is 12.8. The molecule has 0 amide bonds. The molecule has 0 atom stereocenters. The maximum Gasteiger partial charge on any atom is 0.270 e. The first-order chi connectivity index (χ1) is 14.6. The number of nitrogens with one attached hydrogen (secondary N) is 1. The smallest absolute Gasteiger partial charge is 0.270 e. The van der Waals surface area contributed by atoms with Crippen molar-refractivity contribution in [2.24, 2.45) is 0 Å². The fourth-order valence-corrected chi connectivity index (χ4v) is 4.99. The topological polar surface area (TPSA) is 52.2 Å². The Morgan fingerprint density at radius 2 is 1.63 bits per heavy atom. The van der Waals surface area contributed by atoms with Crippen LogP contribution in [0.5, 0.6) is 0 Å². The van der Waals surface area contributed by atoms with Gasteiger partial charge in [-0.1, -0.05) is 42.0 Å². The van der Waals surface area contributed by atoms with Crippen molar-refractivity contribution >= 4 is 33.2 Å².